The summed E-state index contributed by atoms with van der Waals surface area (Å²) in [6, 6.07) is 0.747. The molecule has 0 bridgehead atoms. The van der Waals surface area contributed by atoms with Gasteiger partial charge in [0, 0.05) is 13.2 Å². The molecule has 1 unspecified atom stereocenters. The van der Waals surface area contributed by atoms with Gasteiger partial charge in [-0.2, -0.15) is 0 Å². The van der Waals surface area contributed by atoms with E-state index in [0.717, 1.165) is 0 Å². The van der Waals surface area contributed by atoms with Crippen LogP contribution < -0.4 is 10.6 Å². The third kappa shape index (κ3) is 2.57. The lowest BCUT2D eigenvalue weighted by Gasteiger charge is -2.31. The Balaban J connectivity index is 2.35. The number of amides is 3. The van der Waals surface area contributed by atoms with Crippen LogP contribution in [-0.2, 0) is 9.59 Å². The molecule has 0 aromatic carbocycles. The lowest BCUT2D eigenvalue weighted by atomic mass is 10.1. The van der Waals surface area contributed by atoms with Crippen molar-refractivity contribution in [1.82, 2.24) is 15.2 Å². The minimum absolute atomic E-state index is 0.166. The molecule has 1 fully saturated rings. The predicted molar refractivity (Wildman–Crippen MR) is 72.4 cm³/mol. The molecular formula is C12H13ClN4O3. The summed E-state index contributed by atoms with van der Waals surface area (Å²) in [6.07, 6.45) is 1.34. The molecule has 1 aliphatic rings. The first-order valence-electron chi connectivity index (χ1n) is 5.92. The van der Waals surface area contributed by atoms with E-state index in [2.05, 4.69) is 15.6 Å². The van der Waals surface area contributed by atoms with Crippen molar-refractivity contribution < 1.29 is 14.4 Å². The van der Waals surface area contributed by atoms with E-state index in [1.165, 1.54) is 17.2 Å². The van der Waals surface area contributed by atoms with E-state index in [0.29, 0.717) is 5.82 Å². The number of piperazine rings is 1. The molecule has 0 radical (unpaired) electrons. The van der Waals surface area contributed by atoms with Crippen molar-refractivity contribution in [2.75, 3.05) is 18.9 Å². The zero-order valence-corrected chi connectivity index (χ0v) is 11.7. The fourth-order valence-corrected chi connectivity index (χ4v) is 2.04. The standard InChI is InChI=1S/C12H13ClN4O3/c1-6-11(19)16-10(18)5-17(6)12(20)7-3-9(14-2)15-4-8(7)13/h3-4,6H,5H2,1-2H3,(H,14,15)(H,16,18,19). The molecule has 3 amide bonds. The molecule has 1 atom stereocenters. The number of carbonyl (C=O) groups is 3. The highest BCUT2D eigenvalue weighted by molar-refractivity contribution is 6.34. The number of carbonyl (C=O) groups excluding carboxylic acids is 3. The summed E-state index contributed by atoms with van der Waals surface area (Å²) < 4.78 is 0. The lowest BCUT2D eigenvalue weighted by Crippen LogP contribution is -2.58. The van der Waals surface area contributed by atoms with Crippen LogP contribution in [0.15, 0.2) is 12.3 Å². The summed E-state index contributed by atoms with van der Waals surface area (Å²) in [5, 5.41) is 5.13. The Morgan fingerprint density at radius 1 is 1.55 bits per heavy atom. The number of nitrogens with zero attached hydrogens (tertiary/aromatic N) is 2. The molecule has 106 valence electrons. The highest BCUT2D eigenvalue weighted by Crippen LogP contribution is 2.21. The van der Waals surface area contributed by atoms with Gasteiger partial charge in [-0.1, -0.05) is 11.6 Å². The predicted octanol–water partition coefficient (Wildman–Crippen LogP) is 0.264. The summed E-state index contributed by atoms with van der Waals surface area (Å²) >= 11 is 5.96. The highest BCUT2D eigenvalue weighted by Gasteiger charge is 2.34. The van der Waals surface area contributed by atoms with E-state index in [-0.39, 0.29) is 17.1 Å². The second-order valence-electron chi connectivity index (χ2n) is 4.32. The Hall–Kier alpha value is -2.15. The van der Waals surface area contributed by atoms with E-state index in [1.54, 1.807) is 14.0 Å². The van der Waals surface area contributed by atoms with Crippen LogP contribution in [-0.4, -0.2) is 47.2 Å². The van der Waals surface area contributed by atoms with E-state index < -0.39 is 23.8 Å². The van der Waals surface area contributed by atoms with Crippen LogP contribution in [0.5, 0.6) is 0 Å². The topological polar surface area (TPSA) is 91.4 Å². The van der Waals surface area contributed by atoms with Crippen LogP contribution >= 0.6 is 11.6 Å². The zero-order valence-electron chi connectivity index (χ0n) is 10.9. The number of hydrogen-bond donors (Lipinski definition) is 2. The van der Waals surface area contributed by atoms with Gasteiger partial charge in [0.1, 0.15) is 18.4 Å². The minimum Gasteiger partial charge on any atom is -0.373 e. The highest BCUT2D eigenvalue weighted by atomic mass is 35.5. The Morgan fingerprint density at radius 2 is 2.25 bits per heavy atom. The van der Waals surface area contributed by atoms with Crippen LogP contribution in [0, 0.1) is 0 Å². The Morgan fingerprint density at radius 3 is 2.90 bits per heavy atom. The van der Waals surface area contributed by atoms with Gasteiger partial charge < -0.3 is 10.2 Å². The molecule has 1 aromatic heterocycles. The van der Waals surface area contributed by atoms with Crippen LogP contribution in [0.4, 0.5) is 5.82 Å². The SMILES string of the molecule is CNc1cc(C(=O)N2CC(=O)NC(=O)C2C)c(Cl)cn1. The lowest BCUT2D eigenvalue weighted by molar-refractivity contribution is -0.138. The van der Waals surface area contributed by atoms with E-state index in [4.69, 9.17) is 11.6 Å². The van der Waals surface area contributed by atoms with Crippen molar-refractivity contribution in [2.45, 2.75) is 13.0 Å². The first-order valence-corrected chi connectivity index (χ1v) is 6.29. The van der Waals surface area contributed by atoms with Gasteiger partial charge >= 0.3 is 0 Å². The van der Waals surface area contributed by atoms with Crippen LogP contribution in [0.25, 0.3) is 0 Å². The average Bonchev–Trinajstić information content (AvgIpc) is 2.42. The summed E-state index contributed by atoms with van der Waals surface area (Å²) in [7, 11) is 1.66. The number of nitrogens with one attached hydrogen (secondary N) is 2. The molecule has 0 saturated carbocycles. The van der Waals surface area contributed by atoms with Gasteiger partial charge in [0.05, 0.1) is 10.6 Å². The van der Waals surface area contributed by atoms with Crippen LogP contribution in [0.2, 0.25) is 5.02 Å². The molecule has 2 N–H and O–H groups in total. The molecule has 0 aliphatic carbocycles. The molecule has 2 rings (SSSR count). The van der Waals surface area contributed by atoms with Crippen molar-refractivity contribution >= 4 is 35.1 Å². The van der Waals surface area contributed by atoms with Gasteiger partial charge in [-0.25, -0.2) is 4.98 Å². The molecule has 8 heteroatoms. The van der Waals surface area contributed by atoms with E-state index in [9.17, 15) is 14.4 Å². The van der Waals surface area contributed by atoms with Gasteiger partial charge in [-0.3, -0.25) is 19.7 Å². The molecule has 1 aliphatic heterocycles. The first kappa shape index (κ1) is 14.3. The summed E-state index contributed by atoms with van der Waals surface area (Å²) in [6.45, 7) is 1.37. The maximum absolute atomic E-state index is 12.4. The number of halogens is 1. The molecule has 20 heavy (non-hydrogen) atoms. The number of aromatic nitrogens is 1. The maximum atomic E-state index is 12.4. The minimum atomic E-state index is -0.734. The number of anilines is 1. The maximum Gasteiger partial charge on any atom is 0.256 e. The van der Waals surface area contributed by atoms with Crippen molar-refractivity contribution in [1.29, 1.82) is 0 Å². The molecule has 0 spiro atoms. The van der Waals surface area contributed by atoms with E-state index >= 15 is 0 Å². The fraction of sp³-hybridized carbons (Fsp3) is 0.333. The third-order valence-corrected chi connectivity index (χ3v) is 3.33. The quantitative estimate of drug-likeness (QED) is 0.764. The van der Waals surface area contributed by atoms with Gasteiger partial charge in [0.15, 0.2) is 0 Å². The van der Waals surface area contributed by atoms with Gasteiger partial charge in [0.2, 0.25) is 11.8 Å². The smallest absolute Gasteiger partial charge is 0.256 e. The fourth-order valence-electron chi connectivity index (χ4n) is 1.86. The van der Waals surface area contributed by atoms with Crippen LogP contribution in [0.1, 0.15) is 17.3 Å². The molecule has 1 aromatic rings. The summed E-state index contributed by atoms with van der Waals surface area (Å²) in [5.41, 5.74) is 0.195. The van der Waals surface area contributed by atoms with Crippen molar-refractivity contribution in [3.8, 4) is 0 Å². The largest absolute Gasteiger partial charge is 0.373 e. The van der Waals surface area contributed by atoms with Gasteiger partial charge in [-0.05, 0) is 13.0 Å². The molecule has 2 heterocycles. The Kier molecular flexibility index (Phi) is 3.89. The van der Waals surface area contributed by atoms with Gasteiger partial charge in [0.25, 0.3) is 5.91 Å². The molecular weight excluding hydrogens is 284 g/mol. The van der Waals surface area contributed by atoms with Crippen molar-refractivity contribution in [3.63, 3.8) is 0 Å². The third-order valence-electron chi connectivity index (χ3n) is 3.03. The Labute approximate surface area is 120 Å². The molecule has 7 nitrogen and oxygen atoms in total. The molecule has 1 saturated heterocycles. The van der Waals surface area contributed by atoms with Crippen molar-refractivity contribution in [3.05, 3.63) is 22.8 Å². The number of pyridine rings is 1. The number of rotatable bonds is 2. The zero-order chi connectivity index (χ0) is 14.9. The summed E-state index contributed by atoms with van der Waals surface area (Å²) in [4.78, 5) is 40.6. The van der Waals surface area contributed by atoms with Crippen molar-refractivity contribution in [2.24, 2.45) is 0 Å². The summed E-state index contributed by atoms with van der Waals surface area (Å²) in [5.74, 6) is -1.03. The Bertz CT molecular complexity index is 590. The normalized spacial score (nSPS) is 18.8. The van der Waals surface area contributed by atoms with Crippen LogP contribution in [0.3, 0.4) is 0 Å². The second kappa shape index (κ2) is 5.46. The monoisotopic (exact) mass is 296 g/mol. The second-order valence-corrected chi connectivity index (χ2v) is 4.73. The average molecular weight is 297 g/mol. The first-order chi connectivity index (χ1) is 9.43. The van der Waals surface area contributed by atoms with Gasteiger partial charge in [-0.15, -0.1) is 0 Å². The van der Waals surface area contributed by atoms with E-state index in [1.807, 2.05) is 0 Å². The number of imide groups is 1. The number of hydrogen-bond acceptors (Lipinski definition) is 5.